The summed E-state index contributed by atoms with van der Waals surface area (Å²) in [6.45, 7) is 1.60. The lowest BCUT2D eigenvalue weighted by Gasteiger charge is -2.15. The van der Waals surface area contributed by atoms with Crippen molar-refractivity contribution >= 4 is 73.7 Å². The molecule has 1 aliphatic rings. The van der Waals surface area contributed by atoms with Crippen molar-refractivity contribution in [2.24, 2.45) is 0 Å². The number of carbonyl (C=O) groups excluding carboxylic acids is 2. The van der Waals surface area contributed by atoms with Gasteiger partial charge in [-0.3, -0.25) is 9.59 Å². The number of carbonyl (C=O) groups is 2. The highest BCUT2D eigenvalue weighted by molar-refractivity contribution is 7.21. The van der Waals surface area contributed by atoms with E-state index in [1.807, 2.05) is 4.90 Å². The number of hydrogen-bond acceptors (Lipinski definition) is 3. The van der Waals surface area contributed by atoms with Gasteiger partial charge in [0.2, 0.25) is 0 Å². The summed E-state index contributed by atoms with van der Waals surface area (Å²) in [6.07, 6.45) is 2.09. The zero-order valence-electron chi connectivity index (χ0n) is 14.6. The van der Waals surface area contributed by atoms with Crippen LogP contribution in [-0.2, 0) is 0 Å². The number of thiophene rings is 1. The zero-order valence-corrected chi connectivity index (χ0v) is 17.7. The van der Waals surface area contributed by atoms with E-state index in [2.05, 4.69) is 5.32 Å². The van der Waals surface area contributed by atoms with Gasteiger partial charge >= 0.3 is 0 Å². The number of halogens is 3. The van der Waals surface area contributed by atoms with Crippen molar-refractivity contribution in [2.45, 2.75) is 12.8 Å². The molecule has 3 aromatic rings. The Morgan fingerprint density at radius 1 is 1.00 bits per heavy atom. The molecule has 0 saturated carbocycles. The van der Waals surface area contributed by atoms with Crippen LogP contribution in [-0.4, -0.2) is 29.8 Å². The van der Waals surface area contributed by atoms with Gasteiger partial charge in [0.25, 0.3) is 11.8 Å². The van der Waals surface area contributed by atoms with Gasteiger partial charge in [-0.2, -0.15) is 0 Å². The fourth-order valence-corrected chi connectivity index (χ4v) is 5.52. The van der Waals surface area contributed by atoms with E-state index >= 15 is 0 Å². The molecule has 0 spiro atoms. The fourth-order valence-electron chi connectivity index (χ4n) is 3.24. The highest BCUT2D eigenvalue weighted by Gasteiger charge is 2.21. The predicted octanol–water partition coefficient (Wildman–Crippen LogP) is 6.35. The monoisotopic (exact) mass is 452 g/mol. The molecule has 0 unspecified atom stereocenters. The first-order valence-corrected chi connectivity index (χ1v) is 10.7. The van der Waals surface area contributed by atoms with E-state index in [4.69, 9.17) is 34.8 Å². The molecule has 2 heterocycles. The van der Waals surface area contributed by atoms with Crippen molar-refractivity contribution in [3.63, 3.8) is 0 Å². The molecule has 0 atom stereocenters. The molecule has 0 aliphatic carbocycles. The van der Waals surface area contributed by atoms with E-state index in [0.29, 0.717) is 36.6 Å². The van der Waals surface area contributed by atoms with Crippen molar-refractivity contribution in [1.82, 2.24) is 4.90 Å². The topological polar surface area (TPSA) is 49.4 Å². The van der Waals surface area contributed by atoms with E-state index in [0.717, 1.165) is 30.6 Å². The molecule has 4 rings (SSSR count). The second kappa shape index (κ2) is 7.91. The summed E-state index contributed by atoms with van der Waals surface area (Å²) in [5.74, 6) is -0.313. The van der Waals surface area contributed by atoms with E-state index in [1.54, 1.807) is 36.4 Å². The van der Waals surface area contributed by atoms with Crippen LogP contribution in [0.5, 0.6) is 0 Å². The minimum atomic E-state index is -0.336. The standard InChI is InChI=1S/C20H15Cl3N2O2S/c21-12-9-14(22)16-15(10-12)28-18(17(16)23)19(26)24-13-5-3-11(4-6-13)20(27)25-7-1-2-8-25/h3-6,9-10H,1-2,7-8H2,(H,24,26). The van der Waals surface area contributed by atoms with Crippen molar-refractivity contribution in [2.75, 3.05) is 18.4 Å². The number of nitrogens with one attached hydrogen (secondary N) is 1. The molecule has 4 nitrogen and oxygen atoms in total. The van der Waals surface area contributed by atoms with Gasteiger partial charge in [-0.1, -0.05) is 34.8 Å². The number of anilines is 1. The first-order chi connectivity index (χ1) is 13.4. The summed E-state index contributed by atoms with van der Waals surface area (Å²) < 4.78 is 0.749. The molecule has 28 heavy (non-hydrogen) atoms. The van der Waals surface area contributed by atoms with Crippen molar-refractivity contribution in [3.05, 3.63) is 61.9 Å². The quantitative estimate of drug-likeness (QED) is 0.502. The molecular weight excluding hydrogens is 439 g/mol. The molecule has 2 aromatic carbocycles. The van der Waals surface area contributed by atoms with E-state index in [1.165, 1.54) is 11.3 Å². The van der Waals surface area contributed by atoms with Gasteiger partial charge in [0, 0.05) is 39.4 Å². The zero-order chi connectivity index (χ0) is 19.8. The Morgan fingerprint density at radius 2 is 1.68 bits per heavy atom. The Labute approximate surface area is 181 Å². The SMILES string of the molecule is O=C(Nc1ccc(C(=O)N2CCCC2)cc1)c1sc2cc(Cl)cc(Cl)c2c1Cl. The molecular formula is C20H15Cl3N2O2S. The lowest BCUT2D eigenvalue weighted by molar-refractivity contribution is 0.0792. The number of likely N-dealkylation sites (tertiary alicyclic amines) is 1. The van der Waals surface area contributed by atoms with Crippen LogP contribution in [0.2, 0.25) is 15.1 Å². The van der Waals surface area contributed by atoms with Crippen LogP contribution in [0.25, 0.3) is 10.1 Å². The average molecular weight is 454 g/mol. The summed E-state index contributed by atoms with van der Waals surface area (Å²) >= 11 is 19.9. The maximum atomic E-state index is 12.7. The molecule has 144 valence electrons. The molecule has 2 amide bonds. The van der Waals surface area contributed by atoms with Crippen LogP contribution in [0, 0.1) is 0 Å². The van der Waals surface area contributed by atoms with Gasteiger partial charge in [0.1, 0.15) is 4.88 Å². The second-order valence-electron chi connectivity index (χ2n) is 6.54. The highest BCUT2D eigenvalue weighted by Crippen LogP contribution is 2.41. The third-order valence-corrected chi connectivity index (χ3v) is 6.78. The average Bonchev–Trinajstić information content (AvgIpc) is 3.30. The molecule has 1 aromatic heterocycles. The second-order valence-corrected chi connectivity index (χ2v) is 8.81. The highest BCUT2D eigenvalue weighted by atomic mass is 35.5. The van der Waals surface area contributed by atoms with Crippen LogP contribution in [0.3, 0.4) is 0 Å². The summed E-state index contributed by atoms with van der Waals surface area (Å²) in [4.78, 5) is 27.3. The minimum Gasteiger partial charge on any atom is -0.339 e. The lowest BCUT2D eigenvalue weighted by Crippen LogP contribution is -2.27. The summed E-state index contributed by atoms with van der Waals surface area (Å²) in [6, 6.07) is 10.2. The number of nitrogens with zero attached hydrogens (tertiary/aromatic N) is 1. The van der Waals surface area contributed by atoms with Crippen LogP contribution in [0.4, 0.5) is 5.69 Å². The molecule has 1 fully saturated rings. The van der Waals surface area contributed by atoms with E-state index in [-0.39, 0.29) is 11.8 Å². The lowest BCUT2D eigenvalue weighted by atomic mass is 10.2. The Balaban J connectivity index is 1.54. The van der Waals surface area contributed by atoms with E-state index < -0.39 is 0 Å². The maximum Gasteiger partial charge on any atom is 0.267 e. The summed E-state index contributed by atoms with van der Waals surface area (Å²) in [7, 11) is 0. The Hall–Kier alpha value is -1.79. The van der Waals surface area contributed by atoms with Gasteiger partial charge < -0.3 is 10.2 Å². The molecule has 0 radical (unpaired) electrons. The van der Waals surface area contributed by atoms with Crippen molar-refractivity contribution in [1.29, 1.82) is 0 Å². The van der Waals surface area contributed by atoms with Crippen LogP contribution < -0.4 is 5.32 Å². The predicted molar refractivity (Wildman–Crippen MR) is 116 cm³/mol. The maximum absolute atomic E-state index is 12.7. The molecule has 8 heteroatoms. The largest absolute Gasteiger partial charge is 0.339 e. The molecule has 1 N–H and O–H groups in total. The number of hydrogen-bond donors (Lipinski definition) is 1. The Kier molecular flexibility index (Phi) is 5.52. The smallest absolute Gasteiger partial charge is 0.267 e. The number of rotatable bonds is 3. The Bertz CT molecular complexity index is 1070. The third-order valence-electron chi connectivity index (χ3n) is 4.64. The molecule has 1 saturated heterocycles. The number of amides is 2. The molecule has 0 bridgehead atoms. The number of fused-ring (bicyclic) bond motifs is 1. The molecule has 1 aliphatic heterocycles. The summed E-state index contributed by atoms with van der Waals surface area (Å²) in [5.41, 5.74) is 1.20. The van der Waals surface area contributed by atoms with Crippen LogP contribution in [0.15, 0.2) is 36.4 Å². The van der Waals surface area contributed by atoms with E-state index in [9.17, 15) is 9.59 Å². The van der Waals surface area contributed by atoms with Gasteiger partial charge in [0.15, 0.2) is 0 Å². The van der Waals surface area contributed by atoms with Crippen LogP contribution in [0.1, 0.15) is 32.9 Å². The fraction of sp³-hybridized carbons (Fsp3) is 0.200. The summed E-state index contributed by atoms with van der Waals surface area (Å²) in [5, 5.41) is 4.64. The Morgan fingerprint density at radius 3 is 2.36 bits per heavy atom. The van der Waals surface area contributed by atoms with Crippen molar-refractivity contribution in [3.8, 4) is 0 Å². The number of benzene rings is 2. The van der Waals surface area contributed by atoms with Gasteiger partial charge in [-0.05, 0) is 49.2 Å². The van der Waals surface area contributed by atoms with Gasteiger partial charge in [-0.25, -0.2) is 0 Å². The minimum absolute atomic E-state index is 0.0226. The first-order valence-electron chi connectivity index (χ1n) is 8.72. The van der Waals surface area contributed by atoms with Crippen molar-refractivity contribution < 1.29 is 9.59 Å². The third kappa shape index (κ3) is 3.72. The normalized spacial score (nSPS) is 13.9. The van der Waals surface area contributed by atoms with Crippen LogP contribution >= 0.6 is 46.1 Å². The van der Waals surface area contributed by atoms with Gasteiger partial charge in [-0.15, -0.1) is 11.3 Å². The van der Waals surface area contributed by atoms with Gasteiger partial charge in [0.05, 0.1) is 10.0 Å². The first kappa shape index (κ1) is 19.5.